The fourth-order valence-corrected chi connectivity index (χ4v) is 6.90. The molecule has 1 spiro atoms. The Kier molecular flexibility index (Phi) is 5.56. The lowest BCUT2D eigenvalue weighted by molar-refractivity contribution is -0.0243. The van der Waals surface area contributed by atoms with Gasteiger partial charge in [0.05, 0.1) is 18.7 Å². The van der Waals surface area contributed by atoms with Crippen molar-refractivity contribution in [2.24, 2.45) is 11.3 Å². The average molecular weight is 461 g/mol. The van der Waals surface area contributed by atoms with Gasteiger partial charge in [0.1, 0.15) is 5.75 Å². The summed E-state index contributed by atoms with van der Waals surface area (Å²) in [6.07, 6.45) is 7.01. The first-order chi connectivity index (χ1) is 16.6. The van der Waals surface area contributed by atoms with Crippen LogP contribution in [0.4, 0.5) is 4.79 Å². The normalized spacial score (nSPS) is 28.4. The molecule has 34 heavy (non-hydrogen) atoms. The molecule has 2 atom stereocenters. The first kappa shape index (κ1) is 22.0. The number of nitrogens with zero attached hydrogens (tertiary/aromatic N) is 2. The summed E-state index contributed by atoms with van der Waals surface area (Å²) in [5, 5.41) is 10.5. The minimum atomic E-state index is -0.727. The van der Waals surface area contributed by atoms with Gasteiger partial charge in [-0.05, 0) is 104 Å². The third kappa shape index (κ3) is 3.78. The highest BCUT2D eigenvalue weighted by molar-refractivity contribution is 5.69. The molecule has 3 aliphatic heterocycles. The first-order valence-corrected chi connectivity index (χ1v) is 13.2. The SMILES string of the molecule is CCCOc1ccc(-c2ccc3c(c2)CCC2(CC2)[C@@H]3N(C(=O)O)C2CN3CCC2CC3)cc1. The van der Waals surface area contributed by atoms with Crippen LogP contribution in [0.1, 0.15) is 62.6 Å². The van der Waals surface area contributed by atoms with Crippen molar-refractivity contribution in [3.8, 4) is 16.9 Å². The molecule has 1 amide bonds. The summed E-state index contributed by atoms with van der Waals surface area (Å²) in [5.74, 6) is 1.42. The Bertz CT molecular complexity index is 1050. The lowest BCUT2D eigenvalue weighted by atomic mass is 9.73. The predicted molar refractivity (Wildman–Crippen MR) is 133 cm³/mol. The van der Waals surface area contributed by atoms with E-state index in [0.29, 0.717) is 5.92 Å². The van der Waals surface area contributed by atoms with E-state index in [2.05, 4.69) is 42.2 Å². The van der Waals surface area contributed by atoms with Crippen molar-refractivity contribution in [2.45, 2.75) is 64.0 Å². The van der Waals surface area contributed by atoms with E-state index in [-0.39, 0.29) is 17.5 Å². The summed E-state index contributed by atoms with van der Waals surface area (Å²) in [4.78, 5) is 17.2. The molecular formula is C29H36N2O3. The van der Waals surface area contributed by atoms with Crippen molar-refractivity contribution in [1.29, 1.82) is 0 Å². The smallest absolute Gasteiger partial charge is 0.408 e. The molecule has 5 heteroatoms. The topological polar surface area (TPSA) is 53.0 Å². The highest BCUT2D eigenvalue weighted by Gasteiger charge is 2.57. The Balaban J connectivity index is 1.32. The first-order valence-electron chi connectivity index (χ1n) is 13.2. The average Bonchev–Trinajstić information content (AvgIpc) is 3.65. The molecule has 2 bridgehead atoms. The molecule has 180 valence electrons. The highest BCUT2D eigenvalue weighted by Crippen LogP contribution is 2.63. The van der Waals surface area contributed by atoms with E-state index in [1.165, 1.54) is 22.3 Å². The van der Waals surface area contributed by atoms with Crippen LogP contribution >= 0.6 is 0 Å². The molecule has 7 rings (SSSR count). The summed E-state index contributed by atoms with van der Waals surface area (Å²) >= 11 is 0. The van der Waals surface area contributed by atoms with Crippen LogP contribution in [0.15, 0.2) is 42.5 Å². The number of aryl methyl sites for hydroxylation is 1. The van der Waals surface area contributed by atoms with E-state index in [9.17, 15) is 9.90 Å². The molecule has 0 radical (unpaired) electrons. The molecule has 5 aliphatic rings. The number of carbonyl (C=O) groups is 1. The van der Waals surface area contributed by atoms with Crippen molar-refractivity contribution in [1.82, 2.24) is 9.80 Å². The van der Waals surface area contributed by atoms with Gasteiger partial charge >= 0.3 is 6.09 Å². The number of hydrogen-bond donors (Lipinski definition) is 1. The fourth-order valence-electron chi connectivity index (χ4n) is 6.90. The molecule has 4 fully saturated rings. The zero-order valence-corrected chi connectivity index (χ0v) is 20.2. The Morgan fingerprint density at radius 1 is 1.09 bits per heavy atom. The zero-order chi connectivity index (χ0) is 23.3. The van der Waals surface area contributed by atoms with E-state index in [1.54, 1.807) is 0 Å². The van der Waals surface area contributed by atoms with Crippen LogP contribution in [0.25, 0.3) is 11.1 Å². The Morgan fingerprint density at radius 2 is 1.82 bits per heavy atom. The van der Waals surface area contributed by atoms with Crippen molar-refractivity contribution >= 4 is 6.09 Å². The Labute approximate surface area is 202 Å². The van der Waals surface area contributed by atoms with Crippen molar-refractivity contribution in [3.05, 3.63) is 53.6 Å². The van der Waals surface area contributed by atoms with Crippen LogP contribution < -0.4 is 4.74 Å². The summed E-state index contributed by atoms with van der Waals surface area (Å²) in [5.41, 5.74) is 5.13. The lowest BCUT2D eigenvalue weighted by Crippen LogP contribution is -2.60. The maximum Gasteiger partial charge on any atom is 0.408 e. The zero-order valence-electron chi connectivity index (χ0n) is 20.2. The number of hydrogen-bond acceptors (Lipinski definition) is 3. The predicted octanol–water partition coefficient (Wildman–Crippen LogP) is 5.98. The number of benzene rings is 2. The van der Waals surface area contributed by atoms with Crippen LogP contribution in [0.3, 0.4) is 0 Å². The fraction of sp³-hybridized carbons (Fsp3) is 0.552. The molecule has 2 aliphatic carbocycles. The molecule has 2 aromatic rings. The Morgan fingerprint density at radius 3 is 2.44 bits per heavy atom. The third-order valence-corrected chi connectivity index (χ3v) is 8.94. The van der Waals surface area contributed by atoms with E-state index < -0.39 is 6.09 Å². The number of carboxylic acid groups (broad SMARTS) is 1. The van der Waals surface area contributed by atoms with Crippen LogP contribution in [0.2, 0.25) is 0 Å². The van der Waals surface area contributed by atoms with Crippen molar-refractivity contribution in [3.63, 3.8) is 0 Å². The van der Waals surface area contributed by atoms with Gasteiger partial charge in [-0.1, -0.05) is 37.3 Å². The van der Waals surface area contributed by atoms with E-state index in [4.69, 9.17) is 4.74 Å². The minimum absolute atomic E-state index is 0.00169. The largest absolute Gasteiger partial charge is 0.494 e. The Hall–Kier alpha value is -2.53. The summed E-state index contributed by atoms with van der Waals surface area (Å²) in [7, 11) is 0. The van der Waals surface area contributed by atoms with Crippen LogP contribution in [0.5, 0.6) is 5.75 Å². The number of rotatable bonds is 6. The van der Waals surface area contributed by atoms with Crippen molar-refractivity contribution in [2.75, 3.05) is 26.2 Å². The third-order valence-electron chi connectivity index (χ3n) is 8.94. The molecule has 0 aromatic heterocycles. The summed E-state index contributed by atoms with van der Waals surface area (Å²) < 4.78 is 5.74. The van der Waals surface area contributed by atoms with E-state index in [0.717, 1.165) is 76.9 Å². The number of piperidine rings is 3. The van der Waals surface area contributed by atoms with Crippen molar-refractivity contribution < 1.29 is 14.6 Å². The second kappa shape index (κ2) is 8.60. The molecule has 2 aromatic carbocycles. The van der Waals surface area contributed by atoms with Crippen LogP contribution in [-0.4, -0.2) is 53.3 Å². The maximum absolute atomic E-state index is 12.8. The van der Waals surface area contributed by atoms with E-state index in [1.807, 2.05) is 17.0 Å². The summed E-state index contributed by atoms with van der Waals surface area (Å²) in [6, 6.07) is 15.2. The second-order valence-electron chi connectivity index (χ2n) is 10.9. The van der Waals surface area contributed by atoms with Gasteiger partial charge in [-0.15, -0.1) is 0 Å². The minimum Gasteiger partial charge on any atom is -0.494 e. The monoisotopic (exact) mass is 460 g/mol. The van der Waals surface area contributed by atoms with Crippen LogP contribution in [-0.2, 0) is 6.42 Å². The molecule has 3 heterocycles. The van der Waals surface area contributed by atoms with Gasteiger partial charge < -0.3 is 14.7 Å². The van der Waals surface area contributed by atoms with Gasteiger partial charge in [0.25, 0.3) is 0 Å². The van der Waals surface area contributed by atoms with Gasteiger partial charge in [0.15, 0.2) is 0 Å². The van der Waals surface area contributed by atoms with E-state index >= 15 is 0 Å². The number of fused-ring (bicyclic) bond motifs is 4. The maximum atomic E-state index is 12.8. The quantitative estimate of drug-likeness (QED) is 0.576. The molecule has 1 unspecified atom stereocenters. The highest BCUT2D eigenvalue weighted by atomic mass is 16.5. The van der Waals surface area contributed by atoms with Crippen LogP contribution in [0, 0.1) is 11.3 Å². The molecule has 1 saturated carbocycles. The second-order valence-corrected chi connectivity index (χ2v) is 10.9. The van der Waals surface area contributed by atoms with Gasteiger partial charge in [-0.25, -0.2) is 4.79 Å². The van der Waals surface area contributed by atoms with Gasteiger partial charge in [0, 0.05) is 6.54 Å². The molecule has 3 saturated heterocycles. The lowest BCUT2D eigenvalue weighted by Gasteiger charge is -2.52. The molecule has 1 N–H and O–H groups in total. The van der Waals surface area contributed by atoms with Gasteiger partial charge in [-0.3, -0.25) is 4.90 Å². The van der Waals surface area contributed by atoms with Gasteiger partial charge in [-0.2, -0.15) is 0 Å². The molecule has 5 nitrogen and oxygen atoms in total. The number of amides is 1. The number of ether oxygens (including phenoxy) is 1. The van der Waals surface area contributed by atoms with Gasteiger partial charge in [0.2, 0.25) is 0 Å². The molecular weight excluding hydrogens is 424 g/mol. The summed E-state index contributed by atoms with van der Waals surface area (Å²) in [6.45, 7) is 6.02. The standard InChI is InChI=1S/C29H36N2O3/c1-2-17-34-24-6-3-20(4-7-24)22-5-8-25-23(18-22)9-12-29(13-14-29)27(25)31(28(32)33)26-19-30-15-10-21(26)11-16-30/h3-8,18,21,26-27H,2,9-17,19H2,1H3,(H,32,33)/t26?,27-/m1/s1.